The minimum Gasteiger partial charge on any atom is -0.465 e. The lowest BCUT2D eigenvalue weighted by atomic mass is 10.1. The third kappa shape index (κ3) is 4.28. The number of carbonyl (C=O) groups excluding carboxylic acids is 3. The number of Topliss-reactive ketones (excluding diaryl/α,β-unsaturated/α-hetero) is 1. The minimum absolute atomic E-state index is 0.0106. The number of nitrogens with zero attached hydrogens (tertiary/aromatic N) is 1. The van der Waals surface area contributed by atoms with Gasteiger partial charge in [-0.05, 0) is 30.5 Å². The summed E-state index contributed by atoms with van der Waals surface area (Å²) in [5, 5.41) is 5.05. The molecule has 3 heterocycles. The number of rotatable bonds is 7. The highest BCUT2D eigenvalue weighted by atomic mass is 32.1. The van der Waals surface area contributed by atoms with Crippen LogP contribution in [0.5, 0.6) is 0 Å². The number of ether oxygens (including phenoxy) is 1. The summed E-state index contributed by atoms with van der Waals surface area (Å²) in [6.45, 7) is 1.62. The van der Waals surface area contributed by atoms with Crippen LogP contribution in [-0.4, -0.2) is 29.8 Å². The molecule has 0 fully saturated rings. The van der Waals surface area contributed by atoms with Gasteiger partial charge in [-0.1, -0.05) is 18.2 Å². The second-order valence-electron chi connectivity index (χ2n) is 6.66. The van der Waals surface area contributed by atoms with Crippen LogP contribution in [0.4, 0.5) is 5.88 Å². The number of carbonyl (C=O) groups is 3. The van der Waals surface area contributed by atoms with Crippen LogP contribution in [0.15, 0.2) is 46.2 Å². The monoisotopic (exact) mass is 454 g/mol. The van der Waals surface area contributed by atoms with Gasteiger partial charge in [0, 0.05) is 12.8 Å². The topological polar surface area (TPSA) is 98.5 Å². The number of fused-ring (bicyclic) bond motifs is 1. The Bertz CT molecular complexity index is 1240. The molecule has 9 heteroatoms. The molecule has 7 nitrogen and oxygen atoms in total. The van der Waals surface area contributed by atoms with Crippen LogP contribution in [0.3, 0.4) is 0 Å². The van der Waals surface area contributed by atoms with Crippen molar-refractivity contribution in [3.8, 4) is 10.6 Å². The fourth-order valence-corrected chi connectivity index (χ4v) is 4.85. The van der Waals surface area contributed by atoms with Gasteiger partial charge in [0.15, 0.2) is 5.78 Å². The number of hydrogen-bond acceptors (Lipinski definition) is 8. The predicted octanol–water partition coefficient (Wildman–Crippen LogP) is 5.31. The van der Waals surface area contributed by atoms with Crippen LogP contribution in [-0.2, 0) is 9.53 Å². The van der Waals surface area contributed by atoms with Crippen LogP contribution in [0.1, 0.15) is 38.6 Å². The Labute approximate surface area is 185 Å². The van der Waals surface area contributed by atoms with Gasteiger partial charge in [-0.25, -0.2) is 9.78 Å². The van der Waals surface area contributed by atoms with Gasteiger partial charge in [-0.3, -0.25) is 14.9 Å². The van der Waals surface area contributed by atoms with Gasteiger partial charge in [0.2, 0.25) is 11.8 Å². The predicted molar refractivity (Wildman–Crippen MR) is 120 cm³/mol. The number of esters is 1. The second kappa shape index (κ2) is 8.83. The molecule has 0 saturated heterocycles. The van der Waals surface area contributed by atoms with Crippen LogP contribution in [0.25, 0.3) is 20.8 Å². The Kier molecular flexibility index (Phi) is 5.97. The lowest BCUT2D eigenvalue weighted by Crippen LogP contribution is -2.13. The largest absolute Gasteiger partial charge is 0.465 e. The number of ketones is 1. The molecule has 0 bridgehead atoms. The van der Waals surface area contributed by atoms with Crippen molar-refractivity contribution in [2.75, 3.05) is 12.4 Å². The number of anilines is 1. The highest BCUT2D eigenvalue weighted by Gasteiger charge is 2.28. The van der Waals surface area contributed by atoms with E-state index in [1.165, 1.54) is 29.8 Å². The molecule has 31 heavy (non-hydrogen) atoms. The van der Waals surface area contributed by atoms with Crippen molar-refractivity contribution in [3.63, 3.8) is 0 Å². The van der Waals surface area contributed by atoms with Crippen molar-refractivity contribution in [2.45, 2.75) is 19.8 Å². The van der Waals surface area contributed by atoms with E-state index >= 15 is 0 Å². The zero-order valence-corrected chi connectivity index (χ0v) is 18.4. The molecule has 3 aromatic heterocycles. The first-order chi connectivity index (χ1) is 15.0. The van der Waals surface area contributed by atoms with E-state index in [0.29, 0.717) is 21.2 Å². The van der Waals surface area contributed by atoms with E-state index in [1.807, 2.05) is 29.6 Å². The Morgan fingerprint density at radius 1 is 1.13 bits per heavy atom. The first-order valence-electron chi connectivity index (χ1n) is 9.42. The van der Waals surface area contributed by atoms with Crippen molar-refractivity contribution in [1.29, 1.82) is 0 Å². The van der Waals surface area contributed by atoms with Gasteiger partial charge in [0.1, 0.15) is 16.3 Å². The van der Waals surface area contributed by atoms with E-state index < -0.39 is 11.9 Å². The number of thiophene rings is 1. The molecule has 4 rings (SSSR count). The lowest BCUT2D eigenvalue weighted by Gasteiger charge is -2.04. The second-order valence-corrected chi connectivity index (χ2v) is 8.64. The highest BCUT2D eigenvalue weighted by molar-refractivity contribution is 7.21. The summed E-state index contributed by atoms with van der Waals surface area (Å²) in [5.41, 5.74) is 1.37. The average molecular weight is 455 g/mol. The number of para-hydroxylation sites is 1. The fourth-order valence-electron chi connectivity index (χ4n) is 3.14. The Balaban J connectivity index is 1.63. The molecule has 0 aliphatic heterocycles. The Hall–Kier alpha value is -3.30. The standard InChI is InChI=1S/C22H18N2O5S2/c1-12-18(22(27)28-2)19(21-23-13-6-3-4-7-15(13)31-21)20(29-12)24-17(26)10-9-14(25)16-8-5-11-30-16/h3-8,11H,9-10H2,1-2H3,(H,24,26). The highest BCUT2D eigenvalue weighted by Crippen LogP contribution is 2.40. The van der Waals surface area contributed by atoms with Gasteiger partial charge in [-0.2, -0.15) is 0 Å². The van der Waals surface area contributed by atoms with E-state index in [2.05, 4.69) is 10.3 Å². The SMILES string of the molecule is COC(=O)c1c(C)oc(NC(=O)CCC(=O)c2cccs2)c1-c1nc2ccccc2s1. The maximum absolute atomic E-state index is 12.5. The number of hydrogen-bond donors (Lipinski definition) is 1. The minimum atomic E-state index is -0.580. The summed E-state index contributed by atoms with van der Waals surface area (Å²) < 4.78 is 11.6. The van der Waals surface area contributed by atoms with Gasteiger partial charge in [0.05, 0.1) is 27.8 Å². The van der Waals surface area contributed by atoms with Crippen LogP contribution in [0.2, 0.25) is 0 Å². The summed E-state index contributed by atoms with van der Waals surface area (Å²) in [4.78, 5) is 42.4. The maximum atomic E-state index is 12.5. The van der Waals surface area contributed by atoms with E-state index in [9.17, 15) is 14.4 Å². The molecule has 0 radical (unpaired) electrons. The van der Waals surface area contributed by atoms with Crippen molar-refractivity contribution >= 4 is 56.4 Å². The molecule has 4 aromatic rings. The molecule has 0 aliphatic carbocycles. The number of thiazole rings is 1. The summed E-state index contributed by atoms with van der Waals surface area (Å²) in [6.07, 6.45) is 0.0652. The number of amides is 1. The van der Waals surface area contributed by atoms with Gasteiger partial charge >= 0.3 is 5.97 Å². The van der Waals surface area contributed by atoms with Crippen molar-refractivity contribution in [1.82, 2.24) is 4.98 Å². The van der Waals surface area contributed by atoms with E-state index in [0.717, 1.165) is 10.2 Å². The lowest BCUT2D eigenvalue weighted by molar-refractivity contribution is -0.116. The fraction of sp³-hybridized carbons (Fsp3) is 0.182. The van der Waals surface area contributed by atoms with Crippen LogP contribution < -0.4 is 5.32 Å². The molecular weight excluding hydrogens is 436 g/mol. The summed E-state index contributed by atoms with van der Waals surface area (Å²) in [6, 6.07) is 11.1. The van der Waals surface area contributed by atoms with Crippen molar-refractivity contribution in [3.05, 3.63) is 58.0 Å². The first-order valence-corrected chi connectivity index (χ1v) is 11.1. The third-order valence-corrected chi connectivity index (χ3v) is 6.57. The maximum Gasteiger partial charge on any atom is 0.342 e. The van der Waals surface area contributed by atoms with Crippen LogP contribution >= 0.6 is 22.7 Å². The molecule has 0 unspecified atom stereocenters. The number of furan rings is 1. The molecule has 0 atom stereocenters. The summed E-state index contributed by atoms with van der Waals surface area (Å²) >= 11 is 2.72. The molecule has 0 saturated carbocycles. The smallest absolute Gasteiger partial charge is 0.342 e. The zero-order chi connectivity index (χ0) is 22.0. The van der Waals surface area contributed by atoms with Gasteiger partial charge in [0.25, 0.3) is 0 Å². The number of nitrogens with one attached hydrogen (secondary N) is 1. The molecule has 158 valence electrons. The Morgan fingerprint density at radius 2 is 1.94 bits per heavy atom. The molecule has 1 N–H and O–H groups in total. The summed E-state index contributed by atoms with van der Waals surface area (Å²) in [7, 11) is 1.28. The first kappa shape index (κ1) is 21.0. The number of benzene rings is 1. The normalized spacial score (nSPS) is 10.9. The van der Waals surface area contributed by atoms with Gasteiger partial charge in [-0.15, -0.1) is 22.7 Å². The number of aromatic nitrogens is 1. The van der Waals surface area contributed by atoms with Crippen molar-refractivity contribution in [2.24, 2.45) is 0 Å². The van der Waals surface area contributed by atoms with E-state index in [4.69, 9.17) is 9.15 Å². The molecule has 0 aliphatic rings. The molecule has 1 aromatic carbocycles. The molecular formula is C22H18N2O5S2. The Morgan fingerprint density at radius 3 is 2.65 bits per heavy atom. The quantitative estimate of drug-likeness (QED) is 0.300. The van der Waals surface area contributed by atoms with Crippen LogP contribution in [0, 0.1) is 6.92 Å². The van der Waals surface area contributed by atoms with Gasteiger partial charge < -0.3 is 9.15 Å². The summed E-state index contributed by atoms with van der Waals surface area (Å²) in [5.74, 6) is -0.639. The van der Waals surface area contributed by atoms with E-state index in [1.54, 1.807) is 19.1 Å². The number of methoxy groups -OCH3 is 1. The van der Waals surface area contributed by atoms with E-state index in [-0.39, 0.29) is 30.1 Å². The zero-order valence-electron chi connectivity index (χ0n) is 16.8. The molecule has 1 amide bonds. The van der Waals surface area contributed by atoms with Crippen molar-refractivity contribution < 1.29 is 23.5 Å². The average Bonchev–Trinajstić information content (AvgIpc) is 3.49. The third-order valence-electron chi connectivity index (χ3n) is 4.61. The number of aryl methyl sites for hydroxylation is 1. The molecule has 0 spiro atoms.